The van der Waals surface area contributed by atoms with Crippen molar-refractivity contribution in [2.75, 3.05) is 19.8 Å². The minimum Gasteiger partial charge on any atom is -0.494 e. The maximum atomic E-state index is 13.3. The molecular weight excluding hydrogens is 536 g/mol. The third kappa shape index (κ3) is 5.67. The van der Waals surface area contributed by atoms with Crippen LogP contribution in [0.3, 0.4) is 0 Å². The van der Waals surface area contributed by atoms with Crippen LogP contribution in [0.25, 0.3) is 11.1 Å². The molecule has 2 heterocycles. The number of ether oxygens (including phenoxy) is 2. The smallest absolute Gasteiger partial charge is 0.265 e. The quantitative estimate of drug-likeness (QED) is 0.179. The first-order chi connectivity index (χ1) is 17.3. The van der Waals surface area contributed by atoms with Crippen LogP contribution < -0.4 is 20.8 Å². The minimum atomic E-state index is -4.05. The van der Waals surface area contributed by atoms with E-state index in [9.17, 15) is 13.2 Å². The van der Waals surface area contributed by atoms with E-state index in [1.165, 1.54) is 38.9 Å². The van der Waals surface area contributed by atoms with Crippen LogP contribution in [-0.4, -0.2) is 44.1 Å². The van der Waals surface area contributed by atoms with Gasteiger partial charge in [0.2, 0.25) is 0 Å². The molecule has 2 atom stereocenters. The molecule has 0 bridgehead atoms. The summed E-state index contributed by atoms with van der Waals surface area (Å²) in [5.41, 5.74) is 3.93. The van der Waals surface area contributed by atoms with E-state index in [1.54, 1.807) is 23.5 Å². The summed E-state index contributed by atoms with van der Waals surface area (Å²) in [6.45, 7) is 0.746. The zero-order valence-corrected chi connectivity index (χ0v) is 23.5. The highest BCUT2D eigenvalue weighted by atomic mass is 32.2. The van der Waals surface area contributed by atoms with Crippen LogP contribution in [0.15, 0.2) is 58.8 Å². The van der Waals surface area contributed by atoms with E-state index in [-0.39, 0.29) is 31.0 Å². The molecule has 4 rings (SSSR count). The number of carbonyl (C=O) groups excluding carboxylic acids is 1. The van der Waals surface area contributed by atoms with Crippen LogP contribution in [0.4, 0.5) is 0 Å². The van der Waals surface area contributed by atoms with Crippen molar-refractivity contribution < 1.29 is 27.9 Å². The molecule has 1 amide bonds. The Morgan fingerprint density at radius 1 is 1.06 bits per heavy atom. The first kappa shape index (κ1) is 27.2. The highest BCUT2D eigenvalue weighted by Gasteiger charge is 2.52. The molecule has 3 aromatic rings. The fourth-order valence-electron chi connectivity index (χ4n) is 4.22. The Morgan fingerprint density at radius 3 is 2.44 bits per heavy atom. The number of hydrogen-bond donors (Lipinski definition) is 2. The van der Waals surface area contributed by atoms with Gasteiger partial charge in [0.15, 0.2) is 14.6 Å². The van der Waals surface area contributed by atoms with Gasteiger partial charge in [-0.05, 0) is 89.2 Å². The van der Waals surface area contributed by atoms with Gasteiger partial charge in [-0.1, -0.05) is 12.1 Å². The van der Waals surface area contributed by atoms with Crippen molar-refractivity contribution in [2.45, 2.75) is 35.3 Å². The molecule has 1 aliphatic rings. The van der Waals surface area contributed by atoms with Crippen molar-refractivity contribution in [3.05, 3.63) is 58.8 Å². The number of carbonyl (C=O) groups is 1. The van der Waals surface area contributed by atoms with Crippen LogP contribution in [0.2, 0.25) is 0 Å². The third-order valence-corrected chi connectivity index (χ3v) is 11.2. The van der Waals surface area contributed by atoms with E-state index in [2.05, 4.69) is 48.1 Å². The highest BCUT2D eigenvalue weighted by molar-refractivity contribution is 7.93. The topological polar surface area (TPSA) is 102 Å². The maximum absolute atomic E-state index is 13.3. The van der Waals surface area contributed by atoms with Gasteiger partial charge in [-0.3, -0.25) is 10.0 Å². The summed E-state index contributed by atoms with van der Waals surface area (Å²) in [7, 11) is 1.44. The van der Waals surface area contributed by atoms with Crippen molar-refractivity contribution in [1.29, 1.82) is 0 Å². The Balaban J connectivity index is 1.34. The normalized spacial score (nSPS) is 15.4. The predicted octanol–water partition coefficient (Wildman–Crippen LogP) is 3.26. The summed E-state index contributed by atoms with van der Waals surface area (Å²) in [6.07, 6.45) is 1.66. The maximum Gasteiger partial charge on any atom is 0.265 e. The fraction of sp³-hybridized carbons (Fsp3) is 0.320. The Hall–Kier alpha value is -1.86. The average molecular weight is 566 g/mol. The van der Waals surface area contributed by atoms with Crippen LogP contribution >= 0.6 is 29.8 Å². The molecule has 2 aromatic carbocycles. The zero-order valence-electron chi connectivity index (χ0n) is 19.6. The van der Waals surface area contributed by atoms with Crippen molar-refractivity contribution in [3.8, 4) is 16.9 Å². The average Bonchev–Trinajstić information content (AvgIpc) is 3.37. The lowest BCUT2D eigenvalue weighted by atomic mass is 9.98. The number of hydroxylamine groups is 1. The summed E-state index contributed by atoms with van der Waals surface area (Å²) < 4.78 is 35.9. The lowest BCUT2D eigenvalue weighted by Crippen LogP contribution is -2.54. The molecule has 192 valence electrons. The molecule has 0 radical (unpaired) electrons. The Labute approximate surface area is 219 Å². The van der Waals surface area contributed by atoms with Gasteiger partial charge in [0.1, 0.15) is 5.75 Å². The second-order valence-corrected chi connectivity index (χ2v) is 13.1. The monoisotopic (exact) mass is 565 g/mol. The summed E-state index contributed by atoms with van der Waals surface area (Å²) in [5, 5.41) is 13.7. The molecular formula is C25H29NO6P2S2. The number of hydrogen-bond acceptors (Lipinski definition) is 7. The third-order valence-electron chi connectivity index (χ3n) is 6.37. The van der Waals surface area contributed by atoms with E-state index in [1.807, 2.05) is 0 Å². The van der Waals surface area contributed by atoms with E-state index in [0.717, 1.165) is 18.1 Å². The number of sulfone groups is 1. The van der Waals surface area contributed by atoms with E-state index in [0.29, 0.717) is 12.4 Å². The number of amides is 1. The lowest BCUT2D eigenvalue weighted by molar-refractivity contribution is -0.134. The minimum absolute atomic E-state index is 0.00908. The molecule has 36 heavy (non-hydrogen) atoms. The second kappa shape index (κ2) is 11.7. The SMILES string of the molecule is O=C(NO)C1(S(=O)(=O)c2ccc(OCCCc3cc(-c4ccc(P)c(P)c4)cs3)cc2)CCOCC1. The van der Waals surface area contributed by atoms with Gasteiger partial charge in [-0.2, -0.15) is 0 Å². The molecule has 1 aromatic heterocycles. The van der Waals surface area contributed by atoms with Crippen molar-refractivity contribution in [3.63, 3.8) is 0 Å². The number of rotatable bonds is 9. The predicted molar refractivity (Wildman–Crippen MR) is 149 cm³/mol. The van der Waals surface area contributed by atoms with Crippen LogP contribution in [-0.2, 0) is 25.8 Å². The van der Waals surface area contributed by atoms with Gasteiger partial charge < -0.3 is 9.47 Å². The van der Waals surface area contributed by atoms with Crippen molar-refractivity contribution in [2.24, 2.45) is 0 Å². The van der Waals surface area contributed by atoms with E-state index >= 15 is 0 Å². The summed E-state index contributed by atoms with van der Waals surface area (Å²) in [6, 6.07) is 14.7. The highest BCUT2D eigenvalue weighted by Crippen LogP contribution is 2.36. The van der Waals surface area contributed by atoms with Crippen molar-refractivity contribution in [1.82, 2.24) is 5.48 Å². The fourth-order valence-corrected chi connectivity index (χ4v) is 7.55. The Morgan fingerprint density at radius 2 is 1.78 bits per heavy atom. The van der Waals surface area contributed by atoms with Gasteiger partial charge in [-0.25, -0.2) is 13.9 Å². The summed E-state index contributed by atoms with van der Waals surface area (Å²) >= 11 is 1.73. The van der Waals surface area contributed by atoms with E-state index in [4.69, 9.17) is 14.7 Å². The standard InChI is InChI=1S/C25H29NO6P2S2/c27-24(26-28)25(9-12-31-13-10-25)36(29,30)21-6-4-19(5-7-21)32-11-1-2-20-14-18(16-35-20)17-3-8-22(33)23(34)15-17/h3-8,14-16,28H,1-2,9-13,33-34H2,(H,26,27). The van der Waals surface area contributed by atoms with Gasteiger partial charge in [0.25, 0.3) is 5.91 Å². The van der Waals surface area contributed by atoms with Gasteiger partial charge >= 0.3 is 0 Å². The van der Waals surface area contributed by atoms with Gasteiger partial charge in [-0.15, -0.1) is 29.8 Å². The number of aryl methyl sites for hydroxylation is 1. The lowest BCUT2D eigenvalue weighted by Gasteiger charge is -2.34. The zero-order chi connectivity index (χ0) is 25.8. The van der Waals surface area contributed by atoms with Gasteiger partial charge in [0.05, 0.1) is 11.5 Å². The second-order valence-electron chi connectivity index (χ2n) is 8.62. The Bertz CT molecular complexity index is 1320. The molecule has 1 aliphatic heterocycles. The Kier molecular flexibility index (Phi) is 8.82. The first-order valence-corrected chi connectivity index (χ1v) is 15.0. The van der Waals surface area contributed by atoms with Gasteiger partial charge in [0, 0.05) is 18.1 Å². The van der Waals surface area contributed by atoms with Crippen LogP contribution in [0.1, 0.15) is 24.1 Å². The van der Waals surface area contributed by atoms with E-state index < -0.39 is 20.5 Å². The summed E-state index contributed by atoms with van der Waals surface area (Å²) in [4.78, 5) is 13.6. The summed E-state index contributed by atoms with van der Waals surface area (Å²) in [5.74, 6) is -0.378. The number of nitrogens with one attached hydrogen (secondary N) is 1. The number of thiophene rings is 1. The molecule has 0 saturated carbocycles. The molecule has 2 unspecified atom stereocenters. The van der Waals surface area contributed by atoms with Crippen molar-refractivity contribution >= 4 is 56.2 Å². The molecule has 7 nitrogen and oxygen atoms in total. The first-order valence-electron chi connectivity index (χ1n) is 11.5. The molecule has 0 spiro atoms. The van der Waals surface area contributed by atoms with Crippen LogP contribution in [0.5, 0.6) is 5.75 Å². The molecule has 2 N–H and O–H groups in total. The van der Waals surface area contributed by atoms with Crippen LogP contribution in [0, 0.1) is 0 Å². The molecule has 11 heteroatoms. The number of benzene rings is 2. The largest absolute Gasteiger partial charge is 0.494 e. The molecule has 1 fully saturated rings. The molecule has 1 saturated heterocycles. The molecule has 0 aliphatic carbocycles.